The molecule has 0 spiro atoms. The molecule has 30 heavy (non-hydrogen) atoms. The highest BCUT2D eigenvalue weighted by atomic mass is 35.5. The fourth-order valence-electron chi connectivity index (χ4n) is 3.65. The highest BCUT2D eigenvalue weighted by Crippen LogP contribution is 2.31. The van der Waals surface area contributed by atoms with E-state index in [0.717, 1.165) is 54.3 Å². The first-order valence-corrected chi connectivity index (χ1v) is 10.4. The van der Waals surface area contributed by atoms with Gasteiger partial charge in [-0.2, -0.15) is 0 Å². The van der Waals surface area contributed by atoms with Crippen molar-refractivity contribution in [3.63, 3.8) is 0 Å². The fourth-order valence-corrected chi connectivity index (χ4v) is 3.71. The molecule has 1 fully saturated rings. The van der Waals surface area contributed by atoms with E-state index >= 15 is 0 Å². The van der Waals surface area contributed by atoms with Crippen molar-refractivity contribution < 1.29 is 4.79 Å². The quantitative estimate of drug-likeness (QED) is 0.613. The molecule has 0 unspecified atom stereocenters. The standard InChI is InChI=1S/C24H23ClN4O/c1-17(25)24(30)27-20-12-14-29(15-13-20)21-16-26-22(18-8-4-2-5-9-18)23(28-21)19-10-6-3-7-11-19/h2-11,16,20H,1,12-15H2,(H,27,30). The van der Waals surface area contributed by atoms with Crippen molar-refractivity contribution in [1.29, 1.82) is 0 Å². The summed E-state index contributed by atoms with van der Waals surface area (Å²) in [6.45, 7) is 5.05. The van der Waals surface area contributed by atoms with Gasteiger partial charge in [0.25, 0.3) is 5.91 Å². The van der Waals surface area contributed by atoms with Gasteiger partial charge < -0.3 is 10.2 Å². The summed E-state index contributed by atoms with van der Waals surface area (Å²) in [4.78, 5) is 23.8. The zero-order chi connectivity index (χ0) is 20.9. The zero-order valence-electron chi connectivity index (χ0n) is 16.6. The maximum atomic E-state index is 11.8. The summed E-state index contributed by atoms with van der Waals surface area (Å²) in [7, 11) is 0. The van der Waals surface area contributed by atoms with Crippen LogP contribution in [0.1, 0.15) is 12.8 Å². The summed E-state index contributed by atoms with van der Waals surface area (Å²) in [6, 6.07) is 20.3. The van der Waals surface area contributed by atoms with E-state index in [2.05, 4.69) is 41.1 Å². The van der Waals surface area contributed by atoms with Gasteiger partial charge in [-0.25, -0.2) is 4.98 Å². The van der Waals surface area contributed by atoms with Crippen molar-refractivity contribution in [3.05, 3.63) is 78.5 Å². The highest BCUT2D eigenvalue weighted by molar-refractivity contribution is 6.41. The second kappa shape index (κ2) is 9.09. The van der Waals surface area contributed by atoms with E-state index in [4.69, 9.17) is 21.6 Å². The number of halogens is 1. The number of carbonyl (C=O) groups is 1. The molecular formula is C24H23ClN4O. The smallest absolute Gasteiger partial charge is 0.262 e. The van der Waals surface area contributed by atoms with Gasteiger partial charge in [0.2, 0.25) is 0 Å². The number of piperidine rings is 1. The molecule has 1 aliphatic heterocycles. The van der Waals surface area contributed by atoms with E-state index in [1.807, 2.05) is 42.6 Å². The predicted octanol–water partition coefficient (Wildman–Crippen LogP) is 4.65. The van der Waals surface area contributed by atoms with Crippen LogP contribution in [0.2, 0.25) is 0 Å². The lowest BCUT2D eigenvalue weighted by molar-refractivity contribution is -0.117. The van der Waals surface area contributed by atoms with Crippen LogP contribution in [0, 0.1) is 0 Å². The average molecular weight is 419 g/mol. The third-order valence-corrected chi connectivity index (χ3v) is 5.43. The molecule has 0 bridgehead atoms. The number of carbonyl (C=O) groups excluding carboxylic acids is 1. The molecule has 0 saturated carbocycles. The topological polar surface area (TPSA) is 58.1 Å². The third kappa shape index (κ3) is 4.52. The summed E-state index contributed by atoms with van der Waals surface area (Å²) >= 11 is 5.68. The molecule has 0 radical (unpaired) electrons. The zero-order valence-corrected chi connectivity index (χ0v) is 17.3. The van der Waals surface area contributed by atoms with Crippen LogP contribution in [-0.2, 0) is 4.79 Å². The molecule has 1 amide bonds. The monoisotopic (exact) mass is 418 g/mol. The maximum absolute atomic E-state index is 11.8. The lowest BCUT2D eigenvalue weighted by Crippen LogP contribution is -2.45. The van der Waals surface area contributed by atoms with Crippen LogP contribution < -0.4 is 10.2 Å². The Balaban J connectivity index is 1.58. The van der Waals surface area contributed by atoms with Crippen LogP contribution in [0.4, 0.5) is 5.82 Å². The van der Waals surface area contributed by atoms with Crippen molar-refractivity contribution >= 4 is 23.3 Å². The number of rotatable bonds is 5. The Morgan fingerprint density at radius 1 is 0.967 bits per heavy atom. The molecule has 2 aromatic carbocycles. The summed E-state index contributed by atoms with van der Waals surface area (Å²) in [5.74, 6) is 0.550. The molecule has 3 aromatic rings. The van der Waals surface area contributed by atoms with Gasteiger partial charge in [0.05, 0.1) is 22.6 Å². The summed E-state index contributed by atoms with van der Waals surface area (Å²) in [6.07, 6.45) is 3.48. The second-order valence-electron chi connectivity index (χ2n) is 7.30. The molecule has 1 saturated heterocycles. The normalized spacial score (nSPS) is 14.4. The molecule has 152 valence electrons. The van der Waals surface area contributed by atoms with Gasteiger partial charge in [-0.3, -0.25) is 9.78 Å². The molecular weight excluding hydrogens is 396 g/mol. The number of anilines is 1. The minimum atomic E-state index is -0.298. The molecule has 1 aromatic heterocycles. The third-order valence-electron chi connectivity index (χ3n) is 5.25. The summed E-state index contributed by atoms with van der Waals surface area (Å²) < 4.78 is 0. The average Bonchev–Trinajstić information content (AvgIpc) is 2.80. The fraction of sp³-hybridized carbons (Fsp3) is 0.208. The molecule has 1 N–H and O–H groups in total. The van der Waals surface area contributed by atoms with E-state index in [0.29, 0.717) is 0 Å². The summed E-state index contributed by atoms with van der Waals surface area (Å²) in [5, 5.41) is 2.95. The van der Waals surface area contributed by atoms with Crippen molar-refractivity contribution in [2.24, 2.45) is 0 Å². The Hall–Kier alpha value is -3.18. The number of aromatic nitrogens is 2. The van der Waals surface area contributed by atoms with Gasteiger partial charge in [0.1, 0.15) is 5.82 Å². The number of nitrogens with one attached hydrogen (secondary N) is 1. The minimum absolute atomic E-state index is 0.0206. The van der Waals surface area contributed by atoms with E-state index < -0.39 is 0 Å². The molecule has 6 heteroatoms. The Morgan fingerprint density at radius 2 is 1.53 bits per heavy atom. The van der Waals surface area contributed by atoms with Crippen LogP contribution in [0.3, 0.4) is 0 Å². The first kappa shape index (κ1) is 20.1. The number of amides is 1. The van der Waals surface area contributed by atoms with Crippen LogP contribution in [0.15, 0.2) is 78.5 Å². The first-order valence-electron chi connectivity index (χ1n) is 10.00. The van der Waals surface area contributed by atoms with Crippen LogP contribution in [0.25, 0.3) is 22.5 Å². The largest absolute Gasteiger partial charge is 0.355 e. The minimum Gasteiger partial charge on any atom is -0.355 e. The lowest BCUT2D eigenvalue weighted by Gasteiger charge is -2.33. The van der Waals surface area contributed by atoms with E-state index in [1.54, 1.807) is 0 Å². The Labute approximate surface area is 181 Å². The number of hydrogen-bond acceptors (Lipinski definition) is 4. The second-order valence-corrected chi connectivity index (χ2v) is 7.75. The maximum Gasteiger partial charge on any atom is 0.262 e. The molecule has 0 atom stereocenters. The molecule has 2 heterocycles. The van der Waals surface area contributed by atoms with Gasteiger partial charge in [0, 0.05) is 30.3 Å². The molecule has 5 nitrogen and oxygen atoms in total. The van der Waals surface area contributed by atoms with Gasteiger partial charge in [-0.15, -0.1) is 0 Å². The highest BCUT2D eigenvalue weighted by Gasteiger charge is 2.23. The lowest BCUT2D eigenvalue weighted by atomic mass is 10.0. The summed E-state index contributed by atoms with van der Waals surface area (Å²) in [5.41, 5.74) is 3.81. The molecule has 1 aliphatic rings. The molecule has 4 rings (SSSR count). The van der Waals surface area contributed by atoms with Gasteiger partial charge in [-0.05, 0) is 12.8 Å². The van der Waals surface area contributed by atoms with Crippen LogP contribution in [0.5, 0.6) is 0 Å². The van der Waals surface area contributed by atoms with Crippen molar-refractivity contribution in [1.82, 2.24) is 15.3 Å². The Bertz CT molecular complexity index is 1030. The van der Waals surface area contributed by atoms with Gasteiger partial charge >= 0.3 is 0 Å². The van der Waals surface area contributed by atoms with E-state index in [1.165, 1.54) is 0 Å². The number of hydrogen-bond donors (Lipinski definition) is 1. The SMILES string of the molecule is C=C(Cl)C(=O)NC1CCN(c2cnc(-c3ccccc3)c(-c3ccccc3)n2)CC1. The van der Waals surface area contributed by atoms with Gasteiger partial charge in [0.15, 0.2) is 0 Å². The van der Waals surface area contributed by atoms with Crippen LogP contribution >= 0.6 is 11.6 Å². The Kier molecular flexibility index (Phi) is 6.10. The first-order chi connectivity index (χ1) is 14.6. The predicted molar refractivity (Wildman–Crippen MR) is 121 cm³/mol. The van der Waals surface area contributed by atoms with E-state index in [-0.39, 0.29) is 17.0 Å². The van der Waals surface area contributed by atoms with Crippen molar-refractivity contribution in [2.45, 2.75) is 18.9 Å². The number of nitrogens with zero attached hydrogens (tertiary/aromatic N) is 3. The number of benzene rings is 2. The molecule has 0 aliphatic carbocycles. The van der Waals surface area contributed by atoms with Crippen molar-refractivity contribution in [2.75, 3.05) is 18.0 Å². The van der Waals surface area contributed by atoms with Crippen molar-refractivity contribution in [3.8, 4) is 22.5 Å². The van der Waals surface area contributed by atoms with E-state index in [9.17, 15) is 4.79 Å². The van der Waals surface area contributed by atoms with Crippen LogP contribution in [-0.4, -0.2) is 35.0 Å². The Morgan fingerprint density at radius 3 is 2.10 bits per heavy atom. The van der Waals surface area contributed by atoms with Gasteiger partial charge in [-0.1, -0.05) is 78.8 Å².